The van der Waals surface area contributed by atoms with Crippen molar-refractivity contribution in [1.82, 2.24) is 9.47 Å². The Morgan fingerprint density at radius 1 is 1.04 bits per heavy atom. The maximum absolute atomic E-state index is 12.4. The van der Waals surface area contributed by atoms with Crippen LogP contribution in [0.2, 0.25) is 0 Å². The Morgan fingerprint density at radius 2 is 1.78 bits per heavy atom. The smallest absolute Gasteiger partial charge is 0.256 e. The number of likely N-dealkylation sites (tertiary alicyclic amines) is 1. The maximum Gasteiger partial charge on any atom is 0.256 e. The summed E-state index contributed by atoms with van der Waals surface area (Å²) >= 11 is 1.64. The molecule has 2 N–H and O–H groups in total. The van der Waals surface area contributed by atoms with Crippen LogP contribution in [0.1, 0.15) is 17.7 Å². The minimum Gasteiger partial charge on any atom is -0.397 e. The van der Waals surface area contributed by atoms with E-state index in [1.165, 1.54) is 12.8 Å². The fourth-order valence-electron chi connectivity index (χ4n) is 3.23. The summed E-state index contributed by atoms with van der Waals surface area (Å²) in [6.45, 7) is 3.16. The monoisotopic (exact) mass is 325 g/mol. The summed E-state index contributed by atoms with van der Waals surface area (Å²) in [6, 6.07) is 13.2. The number of fused-ring (bicyclic) bond motifs is 1. The van der Waals surface area contributed by atoms with Gasteiger partial charge >= 0.3 is 0 Å². The predicted molar refractivity (Wildman–Crippen MR) is 96.3 cm³/mol. The van der Waals surface area contributed by atoms with Crippen LogP contribution in [0.4, 0.5) is 5.69 Å². The highest BCUT2D eigenvalue weighted by Crippen LogP contribution is 2.35. The second kappa shape index (κ2) is 5.83. The van der Waals surface area contributed by atoms with Gasteiger partial charge in [0.15, 0.2) is 0 Å². The third-order valence-electron chi connectivity index (χ3n) is 4.44. The molecule has 23 heavy (non-hydrogen) atoms. The van der Waals surface area contributed by atoms with E-state index in [1.54, 1.807) is 22.0 Å². The molecule has 2 aromatic heterocycles. The van der Waals surface area contributed by atoms with Gasteiger partial charge in [-0.1, -0.05) is 18.2 Å². The molecule has 4 rings (SSSR count). The van der Waals surface area contributed by atoms with E-state index >= 15 is 0 Å². The van der Waals surface area contributed by atoms with E-state index in [2.05, 4.69) is 4.90 Å². The molecule has 3 heterocycles. The van der Waals surface area contributed by atoms with E-state index in [9.17, 15) is 4.79 Å². The van der Waals surface area contributed by atoms with Gasteiger partial charge in [-0.25, -0.2) is 0 Å². The number of thiophene rings is 1. The first-order valence-corrected chi connectivity index (χ1v) is 8.76. The summed E-state index contributed by atoms with van der Waals surface area (Å²) in [6.07, 6.45) is 2.53. The Balaban J connectivity index is 1.86. The van der Waals surface area contributed by atoms with Gasteiger partial charge in [-0.15, -0.1) is 11.3 Å². The van der Waals surface area contributed by atoms with Crippen molar-refractivity contribution in [2.75, 3.05) is 18.8 Å². The zero-order valence-electron chi connectivity index (χ0n) is 12.9. The minimum atomic E-state index is -0.0160. The van der Waals surface area contributed by atoms with Gasteiger partial charge in [0.2, 0.25) is 0 Å². The van der Waals surface area contributed by atoms with Crippen molar-refractivity contribution in [3.8, 4) is 5.69 Å². The summed E-state index contributed by atoms with van der Waals surface area (Å²) in [5.41, 5.74) is 8.07. The second-order valence-electron chi connectivity index (χ2n) is 5.98. The second-order valence-corrected chi connectivity index (χ2v) is 7.07. The molecule has 1 saturated heterocycles. The predicted octanol–water partition coefficient (Wildman–Crippen LogP) is 3.23. The van der Waals surface area contributed by atoms with Crippen LogP contribution in [0.5, 0.6) is 0 Å². The van der Waals surface area contributed by atoms with E-state index in [-0.39, 0.29) is 5.56 Å². The lowest BCUT2D eigenvalue weighted by Crippen LogP contribution is -2.18. The van der Waals surface area contributed by atoms with Gasteiger partial charge < -0.3 is 5.73 Å². The van der Waals surface area contributed by atoms with E-state index in [4.69, 9.17) is 5.73 Å². The molecule has 0 unspecified atom stereocenters. The maximum atomic E-state index is 12.4. The average Bonchev–Trinajstić information content (AvgIpc) is 3.18. The molecule has 1 aliphatic heterocycles. The highest BCUT2D eigenvalue weighted by Gasteiger charge is 2.18. The van der Waals surface area contributed by atoms with E-state index in [0.717, 1.165) is 46.1 Å². The molecule has 1 aromatic carbocycles. The lowest BCUT2D eigenvalue weighted by Gasteiger charge is -2.13. The lowest BCUT2D eigenvalue weighted by atomic mass is 10.2. The lowest BCUT2D eigenvalue weighted by molar-refractivity contribution is 0.335. The molecule has 1 aliphatic rings. The number of nitrogen functional groups attached to an aromatic ring is 1. The molecule has 4 nitrogen and oxygen atoms in total. The van der Waals surface area contributed by atoms with Crippen LogP contribution < -0.4 is 11.3 Å². The zero-order chi connectivity index (χ0) is 15.8. The largest absolute Gasteiger partial charge is 0.397 e. The molecular formula is C18H19N3OS. The quantitative estimate of drug-likeness (QED) is 0.804. The molecule has 0 aliphatic carbocycles. The van der Waals surface area contributed by atoms with Gasteiger partial charge in [0, 0.05) is 22.9 Å². The molecule has 1 fully saturated rings. The average molecular weight is 325 g/mol. The number of nitrogens with zero attached hydrogens (tertiary/aromatic N) is 2. The third kappa shape index (κ3) is 2.56. The number of hydrogen-bond donors (Lipinski definition) is 1. The van der Waals surface area contributed by atoms with Crippen LogP contribution in [-0.2, 0) is 6.54 Å². The Bertz CT molecular complexity index is 892. The summed E-state index contributed by atoms with van der Waals surface area (Å²) in [4.78, 5) is 17.0. The van der Waals surface area contributed by atoms with Gasteiger partial charge in [-0.05, 0) is 44.1 Å². The molecule has 0 bridgehead atoms. The molecule has 0 amide bonds. The SMILES string of the molecule is Nc1c(CN2CCCC2)sc2c1ccc(=O)n2-c1ccccc1. The van der Waals surface area contributed by atoms with Crippen molar-refractivity contribution in [3.05, 3.63) is 57.7 Å². The number of pyridine rings is 1. The van der Waals surface area contributed by atoms with E-state index in [0.29, 0.717) is 0 Å². The highest BCUT2D eigenvalue weighted by molar-refractivity contribution is 7.19. The van der Waals surface area contributed by atoms with Crippen molar-refractivity contribution in [1.29, 1.82) is 0 Å². The fraction of sp³-hybridized carbons (Fsp3) is 0.278. The van der Waals surface area contributed by atoms with Gasteiger partial charge in [-0.2, -0.15) is 0 Å². The zero-order valence-corrected chi connectivity index (χ0v) is 13.7. The Labute approximate surface area is 138 Å². The van der Waals surface area contributed by atoms with Crippen LogP contribution >= 0.6 is 11.3 Å². The molecule has 0 saturated carbocycles. The van der Waals surface area contributed by atoms with Crippen LogP contribution in [0.25, 0.3) is 15.9 Å². The van der Waals surface area contributed by atoms with Crippen molar-refractivity contribution in [3.63, 3.8) is 0 Å². The summed E-state index contributed by atoms with van der Waals surface area (Å²) in [5, 5.41) is 0.979. The first-order chi connectivity index (χ1) is 11.2. The summed E-state index contributed by atoms with van der Waals surface area (Å²) < 4.78 is 1.77. The van der Waals surface area contributed by atoms with Crippen LogP contribution in [0, 0.1) is 0 Å². The topological polar surface area (TPSA) is 51.3 Å². The van der Waals surface area contributed by atoms with Crippen molar-refractivity contribution >= 4 is 27.2 Å². The third-order valence-corrected chi connectivity index (χ3v) is 5.63. The van der Waals surface area contributed by atoms with E-state index < -0.39 is 0 Å². The molecule has 0 atom stereocenters. The number of anilines is 1. The number of aromatic nitrogens is 1. The van der Waals surface area contributed by atoms with Crippen molar-refractivity contribution in [2.45, 2.75) is 19.4 Å². The summed E-state index contributed by atoms with van der Waals surface area (Å²) in [7, 11) is 0. The van der Waals surface area contributed by atoms with Crippen LogP contribution in [0.15, 0.2) is 47.3 Å². The molecule has 3 aromatic rings. The molecule has 118 valence electrons. The van der Waals surface area contributed by atoms with Gasteiger partial charge in [0.05, 0.1) is 11.4 Å². The van der Waals surface area contributed by atoms with Crippen molar-refractivity contribution in [2.24, 2.45) is 0 Å². The van der Waals surface area contributed by atoms with Crippen LogP contribution in [0.3, 0.4) is 0 Å². The first kappa shape index (κ1) is 14.5. The first-order valence-electron chi connectivity index (χ1n) is 7.95. The fourth-order valence-corrected chi connectivity index (χ4v) is 4.51. The van der Waals surface area contributed by atoms with Crippen LogP contribution in [-0.4, -0.2) is 22.6 Å². The Morgan fingerprint density at radius 3 is 2.52 bits per heavy atom. The summed E-state index contributed by atoms with van der Waals surface area (Å²) in [5.74, 6) is 0. The molecule has 0 spiro atoms. The Hall–Kier alpha value is -2.11. The van der Waals surface area contributed by atoms with Gasteiger partial charge in [-0.3, -0.25) is 14.3 Å². The number of para-hydroxylation sites is 1. The number of rotatable bonds is 3. The van der Waals surface area contributed by atoms with Gasteiger partial charge in [0.1, 0.15) is 4.83 Å². The molecule has 0 radical (unpaired) electrons. The molecule has 5 heteroatoms. The highest BCUT2D eigenvalue weighted by atomic mass is 32.1. The standard InChI is InChI=1S/C18H19N3OS/c19-17-14-8-9-16(22)21(13-6-2-1-3-7-13)18(14)23-15(17)12-20-10-4-5-11-20/h1-3,6-9H,4-5,10-12,19H2. The van der Waals surface area contributed by atoms with Gasteiger partial charge in [0.25, 0.3) is 5.56 Å². The number of benzene rings is 1. The normalized spacial score (nSPS) is 15.5. The minimum absolute atomic E-state index is 0.0160. The van der Waals surface area contributed by atoms with Crippen molar-refractivity contribution < 1.29 is 0 Å². The van der Waals surface area contributed by atoms with E-state index in [1.807, 2.05) is 36.4 Å². The molecular weight excluding hydrogens is 306 g/mol. The Kier molecular flexibility index (Phi) is 3.67. The number of nitrogens with two attached hydrogens (primary N) is 1. The number of hydrogen-bond acceptors (Lipinski definition) is 4.